The quantitative estimate of drug-likeness (QED) is 0.823. The topological polar surface area (TPSA) is 69.6 Å². The number of piperidine rings is 1. The number of likely N-dealkylation sites (tertiary alicyclic amines) is 1. The summed E-state index contributed by atoms with van der Waals surface area (Å²) in [4.78, 5) is 25.1. The van der Waals surface area contributed by atoms with Gasteiger partial charge in [0.15, 0.2) is 0 Å². The van der Waals surface area contributed by atoms with Crippen LogP contribution < -0.4 is 5.32 Å². The van der Waals surface area contributed by atoms with Crippen LogP contribution in [0.5, 0.6) is 0 Å². The predicted molar refractivity (Wildman–Crippen MR) is 74.0 cm³/mol. The van der Waals surface area contributed by atoms with Gasteiger partial charge in [0, 0.05) is 12.6 Å². The van der Waals surface area contributed by atoms with Crippen molar-refractivity contribution in [1.29, 1.82) is 0 Å². The van der Waals surface area contributed by atoms with E-state index in [-0.39, 0.29) is 18.0 Å². The molecule has 110 valence electrons. The summed E-state index contributed by atoms with van der Waals surface area (Å²) in [7, 11) is 0. The molecule has 1 aliphatic heterocycles. The summed E-state index contributed by atoms with van der Waals surface area (Å²) in [5.74, 6) is -0.241. The molecule has 1 rings (SSSR count). The third-order valence-electron chi connectivity index (χ3n) is 3.68. The summed E-state index contributed by atoms with van der Waals surface area (Å²) in [5.41, 5.74) is 0. The van der Waals surface area contributed by atoms with Gasteiger partial charge in [-0.05, 0) is 38.0 Å². The Morgan fingerprint density at radius 2 is 1.95 bits per heavy atom. The van der Waals surface area contributed by atoms with Crippen LogP contribution in [0.3, 0.4) is 0 Å². The highest BCUT2D eigenvalue weighted by atomic mass is 16.4. The molecule has 0 spiro atoms. The van der Waals surface area contributed by atoms with Crippen LogP contribution in [0.4, 0.5) is 4.79 Å². The molecule has 3 atom stereocenters. The molecule has 1 saturated heterocycles. The minimum Gasteiger partial charge on any atom is -0.480 e. The number of hydrogen-bond acceptors (Lipinski definition) is 2. The monoisotopic (exact) mass is 270 g/mol. The van der Waals surface area contributed by atoms with Crippen LogP contribution in [0.2, 0.25) is 0 Å². The van der Waals surface area contributed by atoms with Crippen LogP contribution in [0, 0.1) is 11.8 Å². The van der Waals surface area contributed by atoms with Gasteiger partial charge in [0.2, 0.25) is 0 Å². The van der Waals surface area contributed by atoms with Crippen molar-refractivity contribution in [1.82, 2.24) is 10.2 Å². The largest absolute Gasteiger partial charge is 0.480 e. The fraction of sp³-hybridized carbons (Fsp3) is 0.857. The maximum Gasteiger partial charge on any atom is 0.326 e. The highest BCUT2D eigenvalue weighted by molar-refractivity contribution is 5.82. The van der Waals surface area contributed by atoms with E-state index in [0.717, 1.165) is 12.8 Å². The molecule has 5 heteroatoms. The van der Waals surface area contributed by atoms with Crippen molar-refractivity contribution in [2.24, 2.45) is 11.8 Å². The maximum atomic E-state index is 12.2. The van der Waals surface area contributed by atoms with Crippen molar-refractivity contribution < 1.29 is 14.7 Å². The molecule has 1 fully saturated rings. The number of carboxylic acid groups (broad SMARTS) is 1. The SMILES string of the molecule is CC(C)CC(NC(=O)N1CC(C)CCC1C)C(=O)O. The van der Waals surface area contributed by atoms with Crippen molar-refractivity contribution in [3.63, 3.8) is 0 Å². The first-order chi connectivity index (χ1) is 8.81. The van der Waals surface area contributed by atoms with Crippen LogP contribution in [0.1, 0.15) is 47.0 Å². The molecule has 19 heavy (non-hydrogen) atoms. The lowest BCUT2D eigenvalue weighted by Crippen LogP contribution is -2.53. The lowest BCUT2D eigenvalue weighted by molar-refractivity contribution is -0.139. The molecule has 2 N–H and O–H groups in total. The molecule has 0 aromatic carbocycles. The first-order valence-corrected chi connectivity index (χ1v) is 7.11. The molecular weight excluding hydrogens is 244 g/mol. The van der Waals surface area contributed by atoms with E-state index >= 15 is 0 Å². The van der Waals surface area contributed by atoms with E-state index in [0.29, 0.717) is 18.9 Å². The molecule has 0 aliphatic carbocycles. The molecule has 2 amide bonds. The van der Waals surface area contributed by atoms with Crippen LogP contribution in [-0.4, -0.2) is 40.6 Å². The number of hydrogen-bond donors (Lipinski definition) is 2. The lowest BCUT2D eigenvalue weighted by Gasteiger charge is -2.37. The average molecular weight is 270 g/mol. The summed E-state index contributed by atoms with van der Waals surface area (Å²) >= 11 is 0. The Hall–Kier alpha value is -1.26. The number of nitrogens with zero attached hydrogens (tertiary/aromatic N) is 1. The summed E-state index contributed by atoms with van der Waals surface area (Å²) < 4.78 is 0. The first kappa shape index (κ1) is 15.8. The molecule has 1 aliphatic rings. The highest BCUT2D eigenvalue weighted by Crippen LogP contribution is 2.21. The third kappa shape index (κ3) is 4.73. The second-order valence-corrected chi connectivity index (χ2v) is 6.15. The Labute approximate surface area is 115 Å². The second kappa shape index (κ2) is 6.78. The van der Waals surface area contributed by atoms with Crippen LogP contribution >= 0.6 is 0 Å². The van der Waals surface area contributed by atoms with E-state index < -0.39 is 12.0 Å². The molecule has 0 radical (unpaired) electrons. The summed E-state index contributed by atoms with van der Waals surface area (Å²) in [6.07, 6.45) is 2.56. The summed E-state index contributed by atoms with van der Waals surface area (Å²) in [6.45, 7) is 8.75. The van der Waals surface area contributed by atoms with Gasteiger partial charge in [0.05, 0.1) is 0 Å². The zero-order valence-electron chi connectivity index (χ0n) is 12.3. The summed E-state index contributed by atoms with van der Waals surface area (Å²) in [6, 6.07) is -0.853. The van der Waals surface area contributed by atoms with Gasteiger partial charge in [0.1, 0.15) is 6.04 Å². The van der Waals surface area contributed by atoms with Gasteiger partial charge in [-0.25, -0.2) is 9.59 Å². The Balaban J connectivity index is 2.62. The van der Waals surface area contributed by atoms with E-state index in [1.165, 1.54) is 0 Å². The fourth-order valence-corrected chi connectivity index (χ4v) is 2.50. The van der Waals surface area contributed by atoms with Crippen LogP contribution in [0.25, 0.3) is 0 Å². The lowest BCUT2D eigenvalue weighted by atomic mass is 9.95. The molecule has 0 aromatic rings. The van der Waals surface area contributed by atoms with E-state index in [1.807, 2.05) is 20.8 Å². The minimum atomic E-state index is -0.959. The van der Waals surface area contributed by atoms with Gasteiger partial charge in [-0.15, -0.1) is 0 Å². The predicted octanol–water partition coefficient (Wildman–Crippen LogP) is 2.32. The maximum absolute atomic E-state index is 12.2. The number of amides is 2. The van der Waals surface area contributed by atoms with Crippen molar-refractivity contribution in [2.45, 2.75) is 59.0 Å². The number of carboxylic acids is 1. The van der Waals surface area contributed by atoms with Crippen molar-refractivity contribution in [3.8, 4) is 0 Å². The standard InChI is InChI=1S/C14H26N2O3/c1-9(2)7-12(13(17)18)15-14(19)16-8-10(3)5-6-11(16)4/h9-12H,5-8H2,1-4H3,(H,15,19)(H,17,18). The number of urea groups is 1. The normalized spacial score (nSPS) is 25.2. The number of rotatable bonds is 4. The molecular formula is C14H26N2O3. The molecule has 0 aromatic heterocycles. The van der Waals surface area contributed by atoms with E-state index in [9.17, 15) is 9.59 Å². The number of aliphatic carboxylic acids is 1. The highest BCUT2D eigenvalue weighted by Gasteiger charge is 2.30. The molecule has 3 unspecified atom stereocenters. The zero-order valence-corrected chi connectivity index (χ0v) is 12.3. The van der Waals surface area contributed by atoms with Crippen molar-refractivity contribution in [2.75, 3.05) is 6.54 Å². The van der Waals surface area contributed by atoms with E-state index in [4.69, 9.17) is 5.11 Å². The molecule has 0 bridgehead atoms. The van der Waals surface area contributed by atoms with Gasteiger partial charge in [0.25, 0.3) is 0 Å². The Morgan fingerprint density at radius 3 is 2.47 bits per heavy atom. The number of nitrogens with one attached hydrogen (secondary N) is 1. The number of carbonyl (C=O) groups excluding carboxylic acids is 1. The average Bonchev–Trinajstić information content (AvgIpc) is 2.30. The van der Waals surface area contributed by atoms with Crippen LogP contribution in [0.15, 0.2) is 0 Å². The Kier molecular flexibility index (Phi) is 5.63. The minimum absolute atomic E-state index is 0.185. The Morgan fingerprint density at radius 1 is 1.32 bits per heavy atom. The summed E-state index contributed by atoms with van der Waals surface area (Å²) in [5, 5.41) is 11.8. The number of carbonyl (C=O) groups is 2. The van der Waals surface area contributed by atoms with Gasteiger partial charge >= 0.3 is 12.0 Å². The molecule has 1 heterocycles. The van der Waals surface area contributed by atoms with E-state index in [2.05, 4.69) is 12.2 Å². The smallest absolute Gasteiger partial charge is 0.326 e. The van der Waals surface area contributed by atoms with Gasteiger partial charge in [-0.2, -0.15) is 0 Å². The Bertz CT molecular complexity index is 331. The van der Waals surface area contributed by atoms with Gasteiger partial charge in [-0.3, -0.25) is 0 Å². The van der Waals surface area contributed by atoms with E-state index in [1.54, 1.807) is 4.90 Å². The zero-order chi connectivity index (χ0) is 14.6. The molecule has 5 nitrogen and oxygen atoms in total. The third-order valence-corrected chi connectivity index (χ3v) is 3.68. The van der Waals surface area contributed by atoms with Crippen molar-refractivity contribution >= 4 is 12.0 Å². The molecule has 0 saturated carbocycles. The van der Waals surface area contributed by atoms with Crippen LogP contribution in [-0.2, 0) is 4.79 Å². The fourth-order valence-electron chi connectivity index (χ4n) is 2.50. The van der Waals surface area contributed by atoms with Crippen molar-refractivity contribution in [3.05, 3.63) is 0 Å². The van der Waals surface area contributed by atoms with Gasteiger partial charge < -0.3 is 15.3 Å². The van der Waals surface area contributed by atoms with Gasteiger partial charge in [-0.1, -0.05) is 20.8 Å². The second-order valence-electron chi connectivity index (χ2n) is 6.15. The first-order valence-electron chi connectivity index (χ1n) is 7.11.